The molecule has 7 aromatic carbocycles. The predicted octanol–water partition coefficient (Wildman–Crippen LogP) is 10.4. The van der Waals surface area contributed by atoms with E-state index in [2.05, 4.69) is 163 Å². The molecule has 0 heterocycles. The van der Waals surface area contributed by atoms with Gasteiger partial charge in [0.25, 0.3) is 0 Å². The first kappa shape index (κ1) is 23.8. The van der Waals surface area contributed by atoms with E-state index in [9.17, 15) is 0 Å². The minimum atomic E-state index is 0.824. The molecule has 0 radical (unpaired) electrons. The summed E-state index contributed by atoms with van der Waals surface area (Å²) in [5.74, 6) is 0. The van der Waals surface area contributed by atoms with Crippen molar-refractivity contribution in [1.82, 2.24) is 0 Å². The first-order chi connectivity index (χ1) is 19.8. The van der Waals surface area contributed by atoms with Crippen LogP contribution in [0.1, 0.15) is 0 Å². The molecule has 7 aromatic rings. The van der Waals surface area contributed by atoms with Gasteiger partial charge in [-0.25, -0.2) is 0 Å². The van der Waals surface area contributed by atoms with Crippen molar-refractivity contribution in [3.63, 3.8) is 0 Å². The molecule has 0 saturated heterocycles. The van der Waals surface area contributed by atoms with Gasteiger partial charge >= 0.3 is 0 Å². The molecule has 0 unspecified atom stereocenters. The Balaban J connectivity index is 1.43. The van der Waals surface area contributed by atoms with Gasteiger partial charge in [-0.3, -0.25) is 0 Å². The third-order valence-electron chi connectivity index (χ3n) is 7.62. The van der Waals surface area contributed by atoms with Crippen molar-refractivity contribution >= 4 is 44.3 Å². The minimum Gasteiger partial charge on any atom is -0.398 e. The standard InChI is InChI=1S/C38H28N2/c39-38-34-19-11-10-18-33(34)37(36-26-29(22-25-35(36)38)27-12-4-1-5-13-27)28-20-23-32(24-21-28)40(30-14-6-2-7-15-30)31-16-8-3-9-17-31/h1-26H,39H2. The number of fused-ring (bicyclic) bond motifs is 2. The van der Waals surface area contributed by atoms with Crippen LogP contribution < -0.4 is 10.6 Å². The van der Waals surface area contributed by atoms with Crippen molar-refractivity contribution in [1.29, 1.82) is 0 Å². The Morgan fingerprint density at radius 1 is 0.350 bits per heavy atom. The molecule has 0 bridgehead atoms. The van der Waals surface area contributed by atoms with Gasteiger partial charge < -0.3 is 10.6 Å². The second-order valence-corrected chi connectivity index (χ2v) is 10.0. The van der Waals surface area contributed by atoms with Gasteiger partial charge in [0.05, 0.1) is 0 Å². The van der Waals surface area contributed by atoms with E-state index in [1.54, 1.807) is 0 Å². The first-order valence-corrected chi connectivity index (χ1v) is 13.6. The minimum absolute atomic E-state index is 0.824. The molecule has 0 spiro atoms. The number of rotatable bonds is 5. The third-order valence-corrected chi connectivity index (χ3v) is 7.62. The van der Waals surface area contributed by atoms with E-state index >= 15 is 0 Å². The summed E-state index contributed by atoms with van der Waals surface area (Å²) in [5.41, 5.74) is 15.7. The van der Waals surface area contributed by atoms with Crippen LogP contribution in [0.25, 0.3) is 43.8 Å². The van der Waals surface area contributed by atoms with Crippen LogP contribution in [-0.4, -0.2) is 0 Å². The summed E-state index contributed by atoms with van der Waals surface area (Å²) < 4.78 is 0. The molecule has 0 fully saturated rings. The summed E-state index contributed by atoms with van der Waals surface area (Å²) in [7, 11) is 0. The van der Waals surface area contributed by atoms with Crippen LogP contribution in [0.15, 0.2) is 158 Å². The van der Waals surface area contributed by atoms with Gasteiger partial charge in [0, 0.05) is 33.5 Å². The Morgan fingerprint density at radius 2 is 0.825 bits per heavy atom. The van der Waals surface area contributed by atoms with Crippen LogP contribution in [0.5, 0.6) is 0 Å². The average molecular weight is 513 g/mol. The second-order valence-electron chi connectivity index (χ2n) is 10.0. The number of para-hydroxylation sites is 2. The lowest BCUT2D eigenvalue weighted by atomic mass is 9.89. The molecule has 190 valence electrons. The average Bonchev–Trinajstić information content (AvgIpc) is 3.03. The maximum atomic E-state index is 6.78. The molecule has 0 saturated carbocycles. The summed E-state index contributed by atoms with van der Waals surface area (Å²) in [4.78, 5) is 2.29. The van der Waals surface area contributed by atoms with E-state index in [0.717, 1.165) is 49.9 Å². The highest BCUT2D eigenvalue weighted by Gasteiger charge is 2.16. The molecule has 40 heavy (non-hydrogen) atoms. The van der Waals surface area contributed by atoms with Gasteiger partial charge in [-0.1, -0.05) is 115 Å². The lowest BCUT2D eigenvalue weighted by Gasteiger charge is -2.25. The SMILES string of the molecule is Nc1c2ccccc2c(-c2ccc(N(c3ccccc3)c3ccccc3)cc2)c2cc(-c3ccccc3)ccc12. The molecule has 0 aliphatic rings. The van der Waals surface area contributed by atoms with E-state index in [1.807, 2.05) is 0 Å². The molecule has 0 amide bonds. The molecule has 0 aliphatic heterocycles. The normalized spacial score (nSPS) is 11.1. The second kappa shape index (κ2) is 10.1. The molecule has 7 rings (SSSR count). The van der Waals surface area contributed by atoms with Gasteiger partial charge in [-0.15, -0.1) is 0 Å². The van der Waals surface area contributed by atoms with Crippen LogP contribution in [0, 0.1) is 0 Å². The predicted molar refractivity (Wildman–Crippen MR) is 171 cm³/mol. The van der Waals surface area contributed by atoms with Crippen LogP contribution in [-0.2, 0) is 0 Å². The zero-order chi connectivity index (χ0) is 26.9. The van der Waals surface area contributed by atoms with Crippen LogP contribution in [0.4, 0.5) is 22.7 Å². The Kier molecular flexibility index (Phi) is 5.99. The number of hydrogen-bond acceptors (Lipinski definition) is 2. The maximum absolute atomic E-state index is 6.78. The Labute approximate surface area is 234 Å². The quantitative estimate of drug-likeness (QED) is 0.184. The third kappa shape index (κ3) is 4.16. The summed E-state index contributed by atoms with van der Waals surface area (Å²) in [5, 5.41) is 4.48. The summed E-state index contributed by atoms with van der Waals surface area (Å²) in [6, 6.07) is 55.5. The van der Waals surface area contributed by atoms with E-state index < -0.39 is 0 Å². The molecular formula is C38H28N2. The van der Waals surface area contributed by atoms with E-state index in [4.69, 9.17) is 5.73 Å². The number of nitrogens with two attached hydrogens (primary N) is 1. The maximum Gasteiger partial charge on any atom is 0.0473 e. The highest BCUT2D eigenvalue weighted by molar-refractivity contribution is 6.20. The van der Waals surface area contributed by atoms with Crippen LogP contribution in [0.3, 0.4) is 0 Å². The number of nitrogens with zero attached hydrogens (tertiary/aromatic N) is 1. The molecule has 2 nitrogen and oxygen atoms in total. The summed E-state index contributed by atoms with van der Waals surface area (Å²) >= 11 is 0. The fourth-order valence-electron chi connectivity index (χ4n) is 5.71. The lowest BCUT2D eigenvalue weighted by Crippen LogP contribution is -2.09. The molecular weight excluding hydrogens is 484 g/mol. The largest absolute Gasteiger partial charge is 0.398 e. The Bertz CT molecular complexity index is 1890. The lowest BCUT2D eigenvalue weighted by molar-refractivity contribution is 1.28. The van der Waals surface area contributed by atoms with Gasteiger partial charge in [0.15, 0.2) is 0 Å². The fraction of sp³-hybridized carbons (Fsp3) is 0. The molecule has 2 heteroatoms. The first-order valence-electron chi connectivity index (χ1n) is 13.6. The highest BCUT2D eigenvalue weighted by atomic mass is 15.1. The number of nitrogen functional groups attached to an aromatic ring is 1. The van der Waals surface area contributed by atoms with E-state index in [0.29, 0.717) is 0 Å². The van der Waals surface area contributed by atoms with Crippen LogP contribution >= 0.6 is 0 Å². The summed E-state index contributed by atoms with van der Waals surface area (Å²) in [6.07, 6.45) is 0. The number of hydrogen-bond donors (Lipinski definition) is 1. The van der Waals surface area contributed by atoms with Crippen molar-refractivity contribution in [2.45, 2.75) is 0 Å². The van der Waals surface area contributed by atoms with Gasteiger partial charge in [0.2, 0.25) is 0 Å². The number of anilines is 4. The van der Waals surface area contributed by atoms with Crippen molar-refractivity contribution in [3.8, 4) is 22.3 Å². The van der Waals surface area contributed by atoms with Crippen molar-refractivity contribution in [3.05, 3.63) is 158 Å². The molecule has 2 N–H and O–H groups in total. The highest BCUT2D eigenvalue weighted by Crippen LogP contribution is 2.43. The van der Waals surface area contributed by atoms with E-state index in [1.165, 1.54) is 16.7 Å². The zero-order valence-corrected chi connectivity index (χ0v) is 22.0. The Hall–Kier alpha value is -5.34. The topological polar surface area (TPSA) is 29.3 Å². The van der Waals surface area contributed by atoms with Crippen molar-refractivity contribution < 1.29 is 0 Å². The van der Waals surface area contributed by atoms with Crippen LogP contribution in [0.2, 0.25) is 0 Å². The van der Waals surface area contributed by atoms with Gasteiger partial charge in [-0.05, 0) is 75.5 Å². The molecule has 0 atom stereocenters. The molecule has 0 aliphatic carbocycles. The van der Waals surface area contributed by atoms with Crippen molar-refractivity contribution in [2.24, 2.45) is 0 Å². The zero-order valence-electron chi connectivity index (χ0n) is 22.0. The summed E-state index contributed by atoms with van der Waals surface area (Å²) in [6.45, 7) is 0. The smallest absolute Gasteiger partial charge is 0.0473 e. The van der Waals surface area contributed by atoms with Gasteiger partial charge in [0.1, 0.15) is 0 Å². The van der Waals surface area contributed by atoms with Crippen molar-refractivity contribution in [2.75, 3.05) is 10.6 Å². The Morgan fingerprint density at radius 3 is 1.45 bits per heavy atom. The molecule has 0 aromatic heterocycles. The number of benzene rings is 7. The van der Waals surface area contributed by atoms with Gasteiger partial charge in [-0.2, -0.15) is 0 Å². The monoisotopic (exact) mass is 512 g/mol. The fourth-order valence-corrected chi connectivity index (χ4v) is 5.71. The van der Waals surface area contributed by atoms with E-state index in [-0.39, 0.29) is 0 Å².